The minimum Gasteiger partial charge on any atom is -0.204 e. The summed E-state index contributed by atoms with van der Waals surface area (Å²) < 4.78 is 60.9. The van der Waals surface area contributed by atoms with Crippen molar-refractivity contribution in [1.29, 1.82) is 0 Å². The third-order valence-corrected chi connectivity index (χ3v) is 10.3. The second-order valence-electron chi connectivity index (χ2n) is 5.22. The van der Waals surface area contributed by atoms with Crippen molar-refractivity contribution in [2.24, 2.45) is 0 Å². The lowest BCUT2D eigenvalue weighted by atomic mass is 10.3. The molecular weight excluding hydrogens is 517 g/mol. The van der Waals surface area contributed by atoms with Crippen LogP contribution in [0.4, 0.5) is 17.6 Å². The van der Waals surface area contributed by atoms with Gasteiger partial charge in [-0.15, -0.1) is 70.6 Å². The molecule has 29 heavy (non-hydrogen) atoms. The first-order valence-electron chi connectivity index (χ1n) is 7.84. The zero-order valence-electron chi connectivity index (χ0n) is 16.4. The summed E-state index contributed by atoms with van der Waals surface area (Å²) in [5.41, 5.74) is 0. The summed E-state index contributed by atoms with van der Waals surface area (Å²) in [6, 6.07) is 0. The Morgan fingerprint density at radius 3 is 0.724 bits per heavy atom. The monoisotopic (exact) mass is 534 g/mol. The molecule has 0 aromatic heterocycles. The van der Waals surface area contributed by atoms with E-state index in [9.17, 15) is 0 Å². The van der Waals surface area contributed by atoms with Crippen LogP contribution >= 0.6 is 82.3 Å². The fraction of sp³-hybridized carbons (Fsp3) is 0.333. The zero-order chi connectivity index (χ0) is 21.9. The maximum absolute atomic E-state index is 15.4. The van der Waals surface area contributed by atoms with Gasteiger partial charge in [-0.05, 0) is 37.5 Å². The fourth-order valence-corrected chi connectivity index (χ4v) is 8.89. The molecular formula is C18H18F4S7. The molecule has 0 radical (unpaired) electrons. The molecule has 2 aromatic rings. The van der Waals surface area contributed by atoms with Gasteiger partial charge in [0.15, 0.2) is 23.3 Å². The van der Waals surface area contributed by atoms with Crippen LogP contribution in [0.15, 0.2) is 39.2 Å². The van der Waals surface area contributed by atoms with Gasteiger partial charge >= 0.3 is 0 Å². The van der Waals surface area contributed by atoms with Crippen LogP contribution in [0.25, 0.3) is 0 Å². The number of benzene rings is 2. The summed E-state index contributed by atoms with van der Waals surface area (Å²) in [6.07, 6.45) is 9.97. The van der Waals surface area contributed by atoms with Crippen LogP contribution in [0.3, 0.4) is 0 Å². The first kappa shape index (κ1) is 25.9. The van der Waals surface area contributed by atoms with Crippen LogP contribution in [0.5, 0.6) is 0 Å². The van der Waals surface area contributed by atoms with Crippen LogP contribution < -0.4 is 0 Å². The minimum absolute atomic E-state index is 0.0188. The smallest absolute Gasteiger partial charge is 0.153 e. The number of hydrogen-bond donors (Lipinski definition) is 0. The van der Waals surface area contributed by atoms with Crippen molar-refractivity contribution in [2.75, 3.05) is 37.5 Å². The van der Waals surface area contributed by atoms with Crippen LogP contribution in [-0.2, 0) is 0 Å². The van der Waals surface area contributed by atoms with Crippen molar-refractivity contribution < 1.29 is 17.6 Å². The molecule has 2 rings (SSSR count). The van der Waals surface area contributed by atoms with Crippen molar-refractivity contribution in [3.05, 3.63) is 23.3 Å². The van der Waals surface area contributed by atoms with E-state index in [2.05, 4.69) is 0 Å². The van der Waals surface area contributed by atoms with Gasteiger partial charge in [0.1, 0.15) is 0 Å². The molecule has 0 bridgehead atoms. The molecule has 0 heterocycles. The predicted molar refractivity (Wildman–Crippen MR) is 128 cm³/mol. The van der Waals surface area contributed by atoms with E-state index >= 15 is 17.6 Å². The molecule has 0 unspecified atom stereocenters. The largest absolute Gasteiger partial charge is 0.204 e. The highest BCUT2D eigenvalue weighted by Gasteiger charge is 2.29. The SMILES string of the molecule is CSc1c(F)c(SC)c(Sc2c(F)c(SC)c(SC)c(F)c2SC)c(F)c1SC. The highest BCUT2D eigenvalue weighted by atomic mass is 32.2. The normalized spacial score (nSPS) is 11.4. The minimum atomic E-state index is -0.607. The molecule has 0 nitrogen and oxygen atoms in total. The summed E-state index contributed by atoms with van der Waals surface area (Å²) >= 11 is 7.31. The lowest BCUT2D eigenvalue weighted by molar-refractivity contribution is 0.495. The maximum Gasteiger partial charge on any atom is 0.153 e. The van der Waals surface area contributed by atoms with Crippen molar-refractivity contribution in [3.8, 4) is 0 Å². The molecule has 0 atom stereocenters. The van der Waals surface area contributed by atoms with E-state index in [-0.39, 0.29) is 39.2 Å². The maximum atomic E-state index is 15.4. The van der Waals surface area contributed by atoms with E-state index in [4.69, 9.17) is 0 Å². The van der Waals surface area contributed by atoms with Gasteiger partial charge in [-0.1, -0.05) is 11.8 Å². The lowest BCUT2D eigenvalue weighted by Gasteiger charge is -2.19. The van der Waals surface area contributed by atoms with Gasteiger partial charge in [-0.2, -0.15) is 0 Å². The number of halogens is 4. The third-order valence-electron chi connectivity index (χ3n) is 3.85. The number of rotatable bonds is 8. The molecule has 0 saturated carbocycles. The van der Waals surface area contributed by atoms with Gasteiger partial charge in [0.25, 0.3) is 0 Å². The molecule has 2 aromatic carbocycles. The van der Waals surface area contributed by atoms with Crippen molar-refractivity contribution in [3.63, 3.8) is 0 Å². The Morgan fingerprint density at radius 2 is 0.517 bits per heavy atom. The summed E-state index contributed by atoms with van der Waals surface area (Å²) in [6.45, 7) is 0. The Balaban J connectivity index is 2.84. The fourth-order valence-electron chi connectivity index (χ4n) is 2.59. The standard InChI is InChI=1S/C18H18F4S7/c1-23-11-7(19)15(27-5)17(9(21)13(11)25-3)29-18-10(22)14(26-4)12(24-2)8(20)16(18)28-6/h1-6H3. The topological polar surface area (TPSA) is 0 Å². The van der Waals surface area contributed by atoms with Crippen LogP contribution in [0, 0.1) is 23.3 Å². The first-order valence-corrected chi connectivity index (χ1v) is 16.0. The van der Waals surface area contributed by atoms with E-state index in [1.807, 2.05) is 0 Å². The number of hydrogen-bond acceptors (Lipinski definition) is 7. The van der Waals surface area contributed by atoms with Gasteiger partial charge in [0, 0.05) is 0 Å². The molecule has 160 valence electrons. The average Bonchev–Trinajstić information content (AvgIpc) is 2.72. The average molecular weight is 535 g/mol. The summed E-state index contributed by atoms with van der Waals surface area (Å²) in [5.74, 6) is -2.28. The predicted octanol–water partition coefficient (Wildman–Crippen LogP) is 8.73. The zero-order valence-corrected chi connectivity index (χ0v) is 22.1. The van der Waals surface area contributed by atoms with E-state index in [0.29, 0.717) is 0 Å². The number of thioether (sulfide) groups is 6. The molecule has 0 aliphatic rings. The van der Waals surface area contributed by atoms with E-state index < -0.39 is 23.3 Å². The quantitative estimate of drug-likeness (QED) is 0.242. The molecule has 0 N–H and O–H groups in total. The van der Waals surface area contributed by atoms with E-state index in [1.54, 1.807) is 37.5 Å². The van der Waals surface area contributed by atoms with E-state index in [1.165, 1.54) is 0 Å². The van der Waals surface area contributed by atoms with Gasteiger partial charge < -0.3 is 0 Å². The Morgan fingerprint density at radius 1 is 0.345 bits per heavy atom. The van der Waals surface area contributed by atoms with Crippen LogP contribution in [0.2, 0.25) is 0 Å². The molecule has 11 heteroatoms. The Hall–Kier alpha value is 0.610. The summed E-state index contributed by atoms with van der Waals surface area (Å²) in [5, 5.41) is 0. The lowest BCUT2D eigenvalue weighted by Crippen LogP contribution is -2.01. The first-order chi connectivity index (χ1) is 13.8. The van der Waals surface area contributed by atoms with Gasteiger partial charge in [-0.3, -0.25) is 0 Å². The molecule has 0 aliphatic heterocycles. The second kappa shape index (κ2) is 11.5. The summed E-state index contributed by atoms with van der Waals surface area (Å²) in [7, 11) is 0. The van der Waals surface area contributed by atoms with Gasteiger partial charge in [0.2, 0.25) is 0 Å². The third kappa shape index (κ3) is 4.85. The van der Waals surface area contributed by atoms with Crippen LogP contribution in [0.1, 0.15) is 0 Å². The molecule has 0 saturated heterocycles. The Labute approximate surface area is 198 Å². The molecule has 0 amide bonds. The Bertz CT molecular complexity index is 845. The summed E-state index contributed by atoms with van der Waals surface area (Å²) in [4.78, 5) is 0.957. The highest BCUT2D eigenvalue weighted by Crippen LogP contribution is 2.51. The van der Waals surface area contributed by atoms with Gasteiger partial charge in [0.05, 0.1) is 39.2 Å². The van der Waals surface area contributed by atoms with Gasteiger partial charge in [-0.25, -0.2) is 17.6 Å². The Kier molecular flexibility index (Phi) is 10.2. The molecule has 0 aliphatic carbocycles. The van der Waals surface area contributed by atoms with Crippen LogP contribution in [-0.4, -0.2) is 37.5 Å². The van der Waals surface area contributed by atoms with Crippen molar-refractivity contribution in [2.45, 2.75) is 39.2 Å². The molecule has 0 fully saturated rings. The highest BCUT2D eigenvalue weighted by molar-refractivity contribution is 8.04. The van der Waals surface area contributed by atoms with Crippen molar-refractivity contribution in [1.82, 2.24) is 0 Å². The second-order valence-corrected chi connectivity index (χ2v) is 11.1. The molecule has 0 spiro atoms. The van der Waals surface area contributed by atoms with E-state index in [0.717, 1.165) is 82.3 Å². The van der Waals surface area contributed by atoms with Crippen molar-refractivity contribution >= 4 is 82.3 Å².